The number of sulfonamides is 1. The summed E-state index contributed by atoms with van der Waals surface area (Å²) in [5.41, 5.74) is 1.78. The van der Waals surface area contributed by atoms with Crippen molar-refractivity contribution in [2.24, 2.45) is 5.92 Å². The van der Waals surface area contributed by atoms with Gasteiger partial charge in [0.15, 0.2) is 0 Å². The summed E-state index contributed by atoms with van der Waals surface area (Å²) in [4.78, 5) is 13.4. The zero-order chi connectivity index (χ0) is 22.8. The number of aliphatic hydroxyl groups is 1. The number of nitrogens with zero attached hydrogens (tertiary/aromatic N) is 2. The van der Waals surface area contributed by atoms with Crippen LogP contribution in [0.3, 0.4) is 0 Å². The number of carbonyl (C=O) groups is 1. The zero-order valence-electron chi connectivity index (χ0n) is 18.4. The summed E-state index contributed by atoms with van der Waals surface area (Å²) in [6.07, 6.45) is -0.414. The monoisotopic (exact) mass is 446 g/mol. The second-order valence-electron chi connectivity index (χ2n) is 8.17. The number of amides is 1. The molecule has 31 heavy (non-hydrogen) atoms. The predicted octanol–water partition coefficient (Wildman–Crippen LogP) is 2.60. The average molecular weight is 447 g/mol. The highest BCUT2D eigenvalue weighted by molar-refractivity contribution is 7.89. The maximum atomic E-state index is 13.5. The van der Waals surface area contributed by atoms with Crippen LogP contribution in [0.2, 0.25) is 0 Å². The van der Waals surface area contributed by atoms with Crippen LogP contribution in [0.4, 0.5) is 0 Å². The molecule has 0 unspecified atom stereocenters. The molecule has 1 heterocycles. The van der Waals surface area contributed by atoms with Crippen LogP contribution in [0.1, 0.15) is 20.8 Å². The van der Waals surface area contributed by atoms with Gasteiger partial charge in [-0.25, -0.2) is 8.42 Å². The lowest BCUT2D eigenvalue weighted by molar-refractivity contribution is -0.129. The number of hydrogen-bond acceptors (Lipinski definition) is 5. The summed E-state index contributed by atoms with van der Waals surface area (Å²) >= 11 is 0. The Hall–Kier alpha value is -2.42. The van der Waals surface area contributed by atoms with Crippen LogP contribution in [0.5, 0.6) is 5.75 Å². The molecule has 2 aromatic rings. The van der Waals surface area contributed by atoms with Crippen molar-refractivity contribution >= 4 is 15.9 Å². The first kappa shape index (κ1) is 23.2. The minimum absolute atomic E-state index is 0.0647. The summed E-state index contributed by atoms with van der Waals surface area (Å²) in [6.45, 7) is 5.29. The lowest BCUT2D eigenvalue weighted by Crippen LogP contribution is -2.50. The third-order valence-corrected chi connectivity index (χ3v) is 7.79. The van der Waals surface area contributed by atoms with Crippen LogP contribution in [0, 0.1) is 5.92 Å². The van der Waals surface area contributed by atoms with E-state index in [9.17, 15) is 18.3 Å². The first-order chi connectivity index (χ1) is 14.6. The van der Waals surface area contributed by atoms with Crippen molar-refractivity contribution in [3.05, 3.63) is 48.5 Å². The molecule has 0 fully saturated rings. The molecule has 0 spiro atoms. The quantitative estimate of drug-likeness (QED) is 0.763. The zero-order valence-corrected chi connectivity index (χ0v) is 19.2. The fraction of sp³-hybridized carbons (Fsp3) is 0.435. The topological polar surface area (TPSA) is 87.2 Å². The van der Waals surface area contributed by atoms with Crippen molar-refractivity contribution in [2.45, 2.75) is 37.8 Å². The molecular weight excluding hydrogens is 416 g/mol. The molecule has 0 radical (unpaired) electrons. The second kappa shape index (κ2) is 9.38. The summed E-state index contributed by atoms with van der Waals surface area (Å²) in [5, 5.41) is 9.70. The molecule has 2 aromatic carbocycles. The summed E-state index contributed by atoms with van der Waals surface area (Å²) in [6, 6.07) is 14.1. The molecule has 3 atom stereocenters. The number of fused-ring (bicyclic) bond motifs is 1. The Kier molecular flexibility index (Phi) is 7.03. The number of benzene rings is 2. The van der Waals surface area contributed by atoms with Gasteiger partial charge < -0.3 is 14.7 Å². The van der Waals surface area contributed by atoms with Crippen molar-refractivity contribution in [1.82, 2.24) is 9.21 Å². The Morgan fingerprint density at radius 3 is 2.52 bits per heavy atom. The number of hydrogen-bond donors (Lipinski definition) is 1. The Labute approximate surface area is 184 Å². The summed E-state index contributed by atoms with van der Waals surface area (Å²) in [7, 11) is -2.19. The molecule has 0 saturated heterocycles. The van der Waals surface area contributed by atoms with Gasteiger partial charge in [0.25, 0.3) is 0 Å². The highest BCUT2D eigenvalue weighted by Gasteiger charge is 2.38. The minimum Gasteiger partial charge on any atom is -0.487 e. The third-order valence-electron chi connectivity index (χ3n) is 5.77. The highest BCUT2D eigenvalue weighted by Crippen LogP contribution is 2.36. The molecule has 1 N–H and O–H groups in total. The maximum absolute atomic E-state index is 13.5. The number of carbonyl (C=O) groups excluding carboxylic acids is 1. The van der Waals surface area contributed by atoms with Gasteiger partial charge in [-0.05, 0) is 30.2 Å². The molecule has 0 aromatic heterocycles. The van der Waals surface area contributed by atoms with E-state index in [2.05, 4.69) is 0 Å². The van der Waals surface area contributed by atoms with Gasteiger partial charge in [-0.1, -0.05) is 43.3 Å². The van der Waals surface area contributed by atoms with E-state index < -0.39 is 22.2 Å². The number of ether oxygens (including phenoxy) is 1. The second-order valence-corrected chi connectivity index (χ2v) is 10.0. The van der Waals surface area contributed by atoms with Crippen LogP contribution in [-0.4, -0.2) is 67.5 Å². The molecule has 1 amide bonds. The SMILES string of the molecule is CC(=O)N(C)C[C@H]1Oc2cc(-c3ccccc3)ccc2S(=O)(=O)N([C@H](C)CO)C[C@@H]1C. The fourth-order valence-electron chi connectivity index (χ4n) is 3.65. The van der Waals surface area contributed by atoms with Crippen molar-refractivity contribution in [3.63, 3.8) is 0 Å². The normalized spacial score (nSPS) is 21.8. The van der Waals surface area contributed by atoms with Crippen LogP contribution >= 0.6 is 0 Å². The molecule has 1 aliphatic heterocycles. The smallest absolute Gasteiger partial charge is 0.247 e. The van der Waals surface area contributed by atoms with E-state index >= 15 is 0 Å². The van der Waals surface area contributed by atoms with Gasteiger partial charge in [0.2, 0.25) is 15.9 Å². The van der Waals surface area contributed by atoms with Gasteiger partial charge in [0.1, 0.15) is 16.7 Å². The molecule has 0 bridgehead atoms. The van der Waals surface area contributed by atoms with E-state index in [1.54, 1.807) is 37.1 Å². The van der Waals surface area contributed by atoms with Gasteiger partial charge >= 0.3 is 0 Å². The fourth-order valence-corrected chi connectivity index (χ4v) is 5.48. The van der Waals surface area contributed by atoms with Gasteiger partial charge in [-0.2, -0.15) is 4.31 Å². The van der Waals surface area contributed by atoms with Crippen molar-refractivity contribution in [3.8, 4) is 16.9 Å². The van der Waals surface area contributed by atoms with Gasteiger partial charge in [-0.15, -0.1) is 0 Å². The number of likely N-dealkylation sites (N-methyl/N-ethyl adjacent to an activating group) is 1. The van der Waals surface area contributed by atoms with Gasteiger partial charge in [0, 0.05) is 32.5 Å². The molecule has 1 aliphatic rings. The largest absolute Gasteiger partial charge is 0.487 e. The molecule has 8 heteroatoms. The van der Waals surface area contributed by atoms with E-state index in [1.807, 2.05) is 37.3 Å². The highest BCUT2D eigenvalue weighted by atomic mass is 32.2. The van der Waals surface area contributed by atoms with Crippen LogP contribution < -0.4 is 4.74 Å². The molecule has 7 nitrogen and oxygen atoms in total. The lowest BCUT2D eigenvalue weighted by atomic mass is 10.0. The molecular formula is C23H30N2O5S. The molecule has 3 rings (SSSR count). The standard InChI is InChI=1S/C23H30N2O5S/c1-16-13-25(17(2)15-26)31(28,29)23-11-10-20(19-8-6-5-7-9-19)12-21(23)30-22(16)14-24(4)18(3)27/h5-12,16-17,22,26H,13-15H2,1-4H3/t16-,17+,22+/m0/s1. The molecule has 0 aliphatic carbocycles. The Morgan fingerprint density at radius 1 is 1.23 bits per heavy atom. The van der Waals surface area contributed by atoms with Crippen LogP contribution in [0.25, 0.3) is 11.1 Å². The van der Waals surface area contributed by atoms with E-state index in [0.717, 1.165) is 11.1 Å². The Balaban J connectivity index is 2.13. The van der Waals surface area contributed by atoms with E-state index in [1.165, 1.54) is 11.2 Å². The predicted molar refractivity (Wildman–Crippen MR) is 119 cm³/mol. The lowest BCUT2D eigenvalue weighted by Gasteiger charge is -2.37. The van der Waals surface area contributed by atoms with Crippen molar-refractivity contribution in [2.75, 3.05) is 26.7 Å². The van der Waals surface area contributed by atoms with Gasteiger partial charge in [0.05, 0.1) is 13.2 Å². The van der Waals surface area contributed by atoms with E-state index in [0.29, 0.717) is 6.54 Å². The number of aliphatic hydroxyl groups excluding tert-OH is 1. The van der Waals surface area contributed by atoms with Crippen LogP contribution in [0.15, 0.2) is 53.4 Å². The van der Waals surface area contributed by atoms with Gasteiger partial charge in [-0.3, -0.25) is 4.79 Å². The van der Waals surface area contributed by atoms with Crippen LogP contribution in [-0.2, 0) is 14.8 Å². The molecule has 168 valence electrons. The number of rotatable bonds is 5. The van der Waals surface area contributed by atoms with E-state index in [-0.39, 0.29) is 35.6 Å². The Bertz CT molecular complexity index is 1030. The van der Waals surface area contributed by atoms with Crippen molar-refractivity contribution in [1.29, 1.82) is 0 Å². The van der Waals surface area contributed by atoms with E-state index in [4.69, 9.17) is 4.74 Å². The average Bonchev–Trinajstić information content (AvgIpc) is 2.75. The van der Waals surface area contributed by atoms with Crippen molar-refractivity contribution < 1.29 is 23.1 Å². The summed E-state index contributed by atoms with van der Waals surface area (Å²) in [5.74, 6) is -0.0478. The first-order valence-corrected chi connectivity index (χ1v) is 11.8. The summed E-state index contributed by atoms with van der Waals surface area (Å²) < 4.78 is 34.6. The minimum atomic E-state index is -3.89. The first-order valence-electron chi connectivity index (χ1n) is 10.4. The maximum Gasteiger partial charge on any atom is 0.247 e. The Morgan fingerprint density at radius 2 is 1.90 bits per heavy atom. The molecule has 0 saturated carbocycles. The third kappa shape index (κ3) is 4.92.